The zero-order chi connectivity index (χ0) is 21.8. The number of rotatable bonds is 6. The maximum atomic E-state index is 12.9. The molecule has 2 amide bonds. The lowest BCUT2D eigenvalue weighted by atomic mass is 9.94. The van der Waals surface area contributed by atoms with Gasteiger partial charge in [0.1, 0.15) is 0 Å². The molecule has 2 aromatic carbocycles. The van der Waals surface area contributed by atoms with Gasteiger partial charge in [-0.05, 0) is 57.9 Å². The van der Waals surface area contributed by atoms with E-state index in [1.165, 1.54) is 0 Å². The third-order valence-electron chi connectivity index (χ3n) is 4.76. The van der Waals surface area contributed by atoms with Crippen molar-refractivity contribution < 1.29 is 19.5 Å². The summed E-state index contributed by atoms with van der Waals surface area (Å²) in [4.78, 5) is 38.6. The van der Waals surface area contributed by atoms with Crippen LogP contribution in [0.3, 0.4) is 0 Å². The van der Waals surface area contributed by atoms with Crippen molar-refractivity contribution in [2.75, 3.05) is 5.32 Å². The van der Waals surface area contributed by atoms with E-state index in [0.29, 0.717) is 16.8 Å². The van der Waals surface area contributed by atoms with Crippen LogP contribution in [0.2, 0.25) is 0 Å². The Bertz CT molecular complexity index is 901. The molecule has 154 valence electrons. The Labute approximate surface area is 171 Å². The third-order valence-corrected chi connectivity index (χ3v) is 4.76. The molecule has 6 heteroatoms. The minimum atomic E-state index is -1.15. The lowest BCUT2D eigenvalue weighted by Crippen LogP contribution is -2.53. The van der Waals surface area contributed by atoms with Gasteiger partial charge in [-0.25, -0.2) is 4.79 Å². The van der Waals surface area contributed by atoms with Gasteiger partial charge in [0.2, 0.25) is 0 Å². The van der Waals surface area contributed by atoms with E-state index in [1.54, 1.807) is 52.0 Å². The molecule has 0 spiro atoms. The summed E-state index contributed by atoms with van der Waals surface area (Å²) in [5.74, 6) is -0.558. The number of Topliss-reactive ketones (excluding diaryl/α,β-unsaturated/α-hetero) is 1. The number of hydrogen-bond donors (Lipinski definition) is 2. The lowest BCUT2D eigenvalue weighted by Gasteiger charge is -2.37. The summed E-state index contributed by atoms with van der Waals surface area (Å²) < 4.78 is 0. The van der Waals surface area contributed by atoms with Crippen LogP contribution in [0.5, 0.6) is 0 Å². The molecule has 0 aliphatic heterocycles. The molecule has 0 heterocycles. The zero-order valence-corrected chi connectivity index (χ0v) is 17.5. The number of amides is 2. The fourth-order valence-electron chi connectivity index (χ4n) is 3.43. The van der Waals surface area contributed by atoms with Crippen LogP contribution in [0.4, 0.5) is 10.5 Å². The van der Waals surface area contributed by atoms with Crippen molar-refractivity contribution in [3.63, 3.8) is 0 Å². The SMILES string of the molecule is Cc1cccc(CC(=O)C(C)N(C(=O)O)C(C)(C)C)c1C(=O)Nc1ccccc1. The van der Waals surface area contributed by atoms with Gasteiger partial charge in [-0.2, -0.15) is 0 Å². The molecule has 29 heavy (non-hydrogen) atoms. The number of carbonyl (C=O) groups excluding carboxylic acids is 2. The highest BCUT2D eigenvalue weighted by Crippen LogP contribution is 2.22. The van der Waals surface area contributed by atoms with Crippen LogP contribution < -0.4 is 5.32 Å². The van der Waals surface area contributed by atoms with Crippen LogP contribution in [0.1, 0.15) is 49.2 Å². The van der Waals surface area contributed by atoms with E-state index < -0.39 is 17.7 Å². The molecule has 0 aliphatic rings. The van der Waals surface area contributed by atoms with Crippen LogP contribution in [0.15, 0.2) is 48.5 Å². The van der Waals surface area contributed by atoms with Crippen molar-refractivity contribution in [3.05, 3.63) is 65.2 Å². The molecule has 0 bridgehead atoms. The molecule has 0 aliphatic carbocycles. The van der Waals surface area contributed by atoms with E-state index in [9.17, 15) is 19.5 Å². The van der Waals surface area contributed by atoms with E-state index in [4.69, 9.17) is 0 Å². The molecule has 2 aromatic rings. The van der Waals surface area contributed by atoms with Crippen LogP contribution >= 0.6 is 0 Å². The number of benzene rings is 2. The fourth-order valence-corrected chi connectivity index (χ4v) is 3.43. The summed E-state index contributed by atoms with van der Waals surface area (Å²) in [6.45, 7) is 8.64. The Morgan fingerprint density at radius 3 is 2.21 bits per heavy atom. The summed E-state index contributed by atoms with van der Waals surface area (Å²) in [6, 6.07) is 13.6. The van der Waals surface area contributed by atoms with Crippen molar-refractivity contribution in [2.45, 2.75) is 52.6 Å². The van der Waals surface area contributed by atoms with Crippen molar-refractivity contribution in [3.8, 4) is 0 Å². The Morgan fingerprint density at radius 1 is 1.03 bits per heavy atom. The number of carboxylic acid groups (broad SMARTS) is 1. The van der Waals surface area contributed by atoms with Gasteiger partial charge in [0.15, 0.2) is 5.78 Å². The molecule has 2 rings (SSSR count). The summed E-state index contributed by atoms with van der Waals surface area (Å²) in [7, 11) is 0. The molecule has 0 saturated heterocycles. The Kier molecular flexibility index (Phi) is 6.80. The topological polar surface area (TPSA) is 86.7 Å². The second-order valence-electron chi connectivity index (χ2n) is 8.07. The molecular weight excluding hydrogens is 368 g/mol. The predicted octanol–water partition coefficient (Wildman–Crippen LogP) is 4.53. The lowest BCUT2D eigenvalue weighted by molar-refractivity contribution is -0.124. The second kappa shape index (κ2) is 8.90. The number of aryl methyl sites for hydroxylation is 1. The minimum absolute atomic E-state index is 0.0275. The first kappa shape index (κ1) is 22.1. The zero-order valence-electron chi connectivity index (χ0n) is 17.5. The smallest absolute Gasteiger partial charge is 0.408 e. The molecule has 2 N–H and O–H groups in total. The average Bonchev–Trinajstić information content (AvgIpc) is 2.60. The summed E-state index contributed by atoms with van der Waals surface area (Å²) in [6.07, 6.45) is -1.18. The van der Waals surface area contributed by atoms with Gasteiger partial charge >= 0.3 is 6.09 Å². The van der Waals surface area contributed by atoms with Gasteiger partial charge in [0.25, 0.3) is 5.91 Å². The standard InChI is InChI=1S/C23H28N2O4/c1-15-10-9-11-17(20(15)21(27)24-18-12-7-6-8-13-18)14-19(26)16(2)25(22(28)29)23(3,4)5/h6-13,16H,14H2,1-5H3,(H,24,27)(H,28,29). The number of hydrogen-bond acceptors (Lipinski definition) is 3. The molecule has 1 atom stereocenters. The first-order valence-electron chi connectivity index (χ1n) is 9.52. The first-order valence-corrected chi connectivity index (χ1v) is 9.52. The monoisotopic (exact) mass is 396 g/mol. The maximum absolute atomic E-state index is 12.9. The Balaban J connectivity index is 2.29. The highest BCUT2D eigenvalue weighted by molar-refractivity contribution is 6.07. The summed E-state index contributed by atoms with van der Waals surface area (Å²) in [5, 5.41) is 12.4. The van der Waals surface area contributed by atoms with Crippen molar-refractivity contribution in [1.29, 1.82) is 0 Å². The fraction of sp³-hybridized carbons (Fsp3) is 0.348. The van der Waals surface area contributed by atoms with Crippen molar-refractivity contribution in [1.82, 2.24) is 4.90 Å². The number of para-hydroxylation sites is 1. The highest BCUT2D eigenvalue weighted by Gasteiger charge is 2.34. The molecule has 0 fully saturated rings. The minimum Gasteiger partial charge on any atom is -0.465 e. The average molecular weight is 396 g/mol. The van der Waals surface area contributed by atoms with Gasteiger partial charge in [0.05, 0.1) is 6.04 Å². The largest absolute Gasteiger partial charge is 0.465 e. The van der Waals surface area contributed by atoms with Gasteiger partial charge in [-0.3, -0.25) is 14.5 Å². The van der Waals surface area contributed by atoms with Crippen LogP contribution in [0, 0.1) is 6.92 Å². The van der Waals surface area contributed by atoms with Crippen LogP contribution in [0.25, 0.3) is 0 Å². The van der Waals surface area contributed by atoms with E-state index in [2.05, 4.69) is 5.32 Å². The summed E-state index contributed by atoms with van der Waals surface area (Å²) >= 11 is 0. The Hall–Kier alpha value is -3.15. The number of nitrogens with zero attached hydrogens (tertiary/aromatic N) is 1. The normalized spacial score (nSPS) is 12.2. The van der Waals surface area contributed by atoms with Gasteiger partial charge in [0, 0.05) is 23.2 Å². The van der Waals surface area contributed by atoms with Gasteiger partial charge < -0.3 is 10.4 Å². The van der Waals surface area contributed by atoms with Gasteiger partial charge in [-0.1, -0.05) is 36.4 Å². The number of carbonyl (C=O) groups is 3. The second-order valence-corrected chi connectivity index (χ2v) is 8.07. The van der Waals surface area contributed by atoms with Crippen molar-refractivity contribution in [2.24, 2.45) is 0 Å². The number of nitrogens with one attached hydrogen (secondary N) is 1. The number of anilines is 1. The summed E-state index contributed by atoms with van der Waals surface area (Å²) in [5.41, 5.74) is 1.71. The predicted molar refractivity (Wildman–Crippen MR) is 113 cm³/mol. The number of ketones is 1. The molecule has 0 radical (unpaired) electrons. The highest BCUT2D eigenvalue weighted by atomic mass is 16.4. The quantitative estimate of drug-likeness (QED) is 0.751. The molecule has 1 unspecified atom stereocenters. The van der Waals surface area contributed by atoms with E-state index >= 15 is 0 Å². The molecular formula is C23H28N2O4. The van der Waals surface area contributed by atoms with E-state index in [-0.39, 0.29) is 18.1 Å². The van der Waals surface area contributed by atoms with E-state index in [1.807, 2.05) is 31.2 Å². The third kappa shape index (κ3) is 5.44. The molecule has 0 aromatic heterocycles. The Morgan fingerprint density at radius 2 is 1.66 bits per heavy atom. The van der Waals surface area contributed by atoms with E-state index in [0.717, 1.165) is 10.5 Å². The molecule has 0 saturated carbocycles. The van der Waals surface area contributed by atoms with Crippen LogP contribution in [-0.2, 0) is 11.2 Å². The van der Waals surface area contributed by atoms with Crippen molar-refractivity contribution >= 4 is 23.5 Å². The maximum Gasteiger partial charge on any atom is 0.408 e. The first-order chi connectivity index (χ1) is 13.5. The van der Waals surface area contributed by atoms with Crippen LogP contribution in [-0.4, -0.2) is 39.4 Å². The van der Waals surface area contributed by atoms with Gasteiger partial charge in [-0.15, -0.1) is 0 Å². The molecule has 6 nitrogen and oxygen atoms in total.